The van der Waals surface area contributed by atoms with Crippen molar-refractivity contribution in [3.63, 3.8) is 0 Å². The van der Waals surface area contributed by atoms with E-state index in [1.165, 1.54) is 30.7 Å². The summed E-state index contributed by atoms with van der Waals surface area (Å²) < 4.78 is 0. The summed E-state index contributed by atoms with van der Waals surface area (Å²) in [5.74, 6) is -0.463. The highest BCUT2D eigenvalue weighted by Gasteiger charge is 2.10. The van der Waals surface area contributed by atoms with Gasteiger partial charge in [0.2, 0.25) is 0 Å². The van der Waals surface area contributed by atoms with Crippen molar-refractivity contribution < 1.29 is 4.79 Å². The second-order valence-corrected chi connectivity index (χ2v) is 4.67. The monoisotopic (exact) mass is 316 g/mol. The molecule has 2 aromatic rings. The Morgan fingerprint density at radius 1 is 1.11 bits per heavy atom. The standard InChI is InChI=1S/C11H7Cl3N4O/c12-6-3-7(13)10(8(14)4-6)17-18-11(19)9-5-15-1-2-16-9/h1-5,17H,(H,18,19). The van der Waals surface area contributed by atoms with Gasteiger partial charge < -0.3 is 0 Å². The number of aromatic nitrogens is 2. The molecule has 98 valence electrons. The number of carbonyl (C=O) groups is 1. The summed E-state index contributed by atoms with van der Waals surface area (Å²) in [5.41, 5.74) is 5.54. The second-order valence-electron chi connectivity index (χ2n) is 3.41. The fourth-order valence-corrected chi connectivity index (χ4v) is 2.17. The van der Waals surface area contributed by atoms with Gasteiger partial charge >= 0.3 is 0 Å². The Morgan fingerprint density at radius 3 is 2.37 bits per heavy atom. The summed E-state index contributed by atoms with van der Waals surface area (Å²) in [6, 6.07) is 3.01. The van der Waals surface area contributed by atoms with Crippen LogP contribution in [0.15, 0.2) is 30.7 Å². The Labute approximate surface area is 123 Å². The Balaban J connectivity index is 2.10. The molecule has 1 aromatic carbocycles. The van der Waals surface area contributed by atoms with Crippen LogP contribution in [-0.2, 0) is 0 Å². The molecule has 1 aromatic heterocycles. The van der Waals surface area contributed by atoms with Crippen molar-refractivity contribution in [2.24, 2.45) is 0 Å². The topological polar surface area (TPSA) is 66.9 Å². The van der Waals surface area contributed by atoms with Gasteiger partial charge in [-0.25, -0.2) is 4.98 Å². The Kier molecular flexibility index (Phi) is 4.42. The fraction of sp³-hybridized carbons (Fsp3) is 0. The number of halogens is 3. The van der Waals surface area contributed by atoms with E-state index in [1.807, 2.05) is 0 Å². The third-order valence-corrected chi connectivity index (χ3v) is 2.92. The van der Waals surface area contributed by atoms with Gasteiger partial charge in [-0.1, -0.05) is 34.8 Å². The predicted octanol–water partition coefficient (Wildman–Crippen LogP) is 3.19. The van der Waals surface area contributed by atoms with Crippen molar-refractivity contribution in [2.75, 3.05) is 5.43 Å². The molecule has 0 aliphatic heterocycles. The lowest BCUT2D eigenvalue weighted by molar-refractivity contribution is 0.0957. The number of rotatable bonds is 3. The van der Waals surface area contributed by atoms with Crippen molar-refractivity contribution in [1.82, 2.24) is 15.4 Å². The molecule has 1 heterocycles. The maximum Gasteiger partial charge on any atom is 0.289 e. The van der Waals surface area contributed by atoms with Crippen molar-refractivity contribution in [3.8, 4) is 0 Å². The summed E-state index contributed by atoms with van der Waals surface area (Å²) in [4.78, 5) is 19.4. The zero-order valence-corrected chi connectivity index (χ0v) is 11.6. The highest BCUT2D eigenvalue weighted by atomic mass is 35.5. The molecule has 0 radical (unpaired) electrons. The number of hydrogen-bond donors (Lipinski definition) is 2. The van der Waals surface area contributed by atoms with Crippen LogP contribution in [0.3, 0.4) is 0 Å². The van der Waals surface area contributed by atoms with Gasteiger partial charge in [-0.05, 0) is 12.1 Å². The highest BCUT2D eigenvalue weighted by Crippen LogP contribution is 2.33. The van der Waals surface area contributed by atoms with E-state index in [0.29, 0.717) is 10.7 Å². The van der Waals surface area contributed by atoms with E-state index in [9.17, 15) is 4.79 Å². The van der Waals surface area contributed by atoms with Crippen LogP contribution in [0, 0.1) is 0 Å². The molecule has 0 fully saturated rings. The van der Waals surface area contributed by atoms with Gasteiger partial charge in [0.05, 0.1) is 21.9 Å². The van der Waals surface area contributed by atoms with Gasteiger partial charge in [0, 0.05) is 17.4 Å². The molecular weight excluding hydrogens is 311 g/mol. The zero-order chi connectivity index (χ0) is 13.8. The molecule has 8 heteroatoms. The molecule has 0 atom stereocenters. The smallest absolute Gasteiger partial charge is 0.289 e. The second kappa shape index (κ2) is 6.06. The zero-order valence-electron chi connectivity index (χ0n) is 9.32. The van der Waals surface area contributed by atoms with Gasteiger partial charge in [-0.15, -0.1) is 0 Å². The van der Waals surface area contributed by atoms with Crippen LogP contribution in [0.4, 0.5) is 5.69 Å². The summed E-state index contributed by atoms with van der Waals surface area (Å²) in [5, 5.41) is 0.981. The maximum atomic E-state index is 11.7. The predicted molar refractivity (Wildman–Crippen MR) is 74.6 cm³/mol. The Hall–Kier alpha value is -1.56. The molecule has 0 spiro atoms. The SMILES string of the molecule is O=C(NNc1c(Cl)cc(Cl)cc1Cl)c1cnccn1. The third-order valence-electron chi connectivity index (χ3n) is 2.10. The quantitative estimate of drug-likeness (QED) is 0.853. The molecule has 0 aliphatic rings. The third kappa shape index (κ3) is 3.47. The molecule has 0 saturated heterocycles. The van der Waals surface area contributed by atoms with Crippen LogP contribution in [0.1, 0.15) is 10.5 Å². The van der Waals surface area contributed by atoms with Gasteiger partial charge in [-0.2, -0.15) is 0 Å². The number of anilines is 1. The average Bonchev–Trinajstić information content (AvgIpc) is 2.38. The van der Waals surface area contributed by atoms with Gasteiger partial charge in [0.15, 0.2) is 0 Å². The number of benzene rings is 1. The molecule has 2 N–H and O–H groups in total. The molecule has 0 bridgehead atoms. The summed E-state index contributed by atoms with van der Waals surface area (Å²) in [7, 11) is 0. The number of hydrazine groups is 1. The molecule has 1 amide bonds. The molecule has 19 heavy (non-hydrogen) atoms. The van der Waals surface area contributed by atoms with E-state index in [0.717, 1.165) is 0 Å². The first-order chi connectivity index (χ1) is 9.08. The Bertz CT molecular complexity index is 583. The molecular formula is C11H7Cl3N4O. The van der Waals surface area contributed by atoms with Gasteiger partial charge in [0.25, 0.3) is 5.91 Å². The van der Waals surface area contributed by atoms with E-state index in [-0.39, 0.29) is 15.7 Å². The first-order valence-electron chi connectivity index (χ1n) is 5.05. The summed E-state index contributed by atoms with van der Waals surface area (Å²) in [6.45, 7) is 0. The van der Waals surface area contributed by atoms with Crippen LogP contribution in [0.2, 0.25) is 15.1 Å². The van der Waals surface area contributed by atoms with Gasteiger partial charge in [0.1, 0.15) is 5.69 Å². The number of amides is 1. The van der Waals surface area contributed by atoms with Crippen molar-refractivity contribution >= 4 is 46.4 Å². The first-order valence-corrected chi connectivity index (χ1v) is 6.18. The van der Waals surface area contributed by atoms with Crippen LogP contribution in [-0.4, -0.2) is 15.9 Å². The van der Waals surface area contributed by atoms with Crippen molar-refractivity contribution in [2.45, 2.75) is 0 Å². The van der Waals surface area contributed by atoms with Gasteiger partial charge in [-0.3, -0.25) is 20.6 Å². The molecule has 5 nitrogen and oxygen atoms in total. The van der Waals surface area contributed by atoms with Crippen molar-refractivity contribution in [1.29, 1.82) is 0 Å². The minimum absolute atomic E-state index is 0.163. The number of carbonyl (C=O) groups excluding carboxylic acids is 1. The van der Waals surface area contributed by atoms with Crippen LogP contribution < -0.4 is 10.9 Å². The fourth-order valence-electron chi connectivity index (χ4n) is 1.26. The minimum Gasteiger partial charge on any atom is -0.295 e. The molecule has 0 saturated carbocycles. The normalized spacial score (nSPS) is 10.1. The lowest BCUT2D eigenvalue weighted by Gasteiger charge is -2.11. The number of hydrogen-bond acceptors (Lipinski definition) is 4. The van der Waals surface area contributed by atoms with E-state index in [1.54, 1.807) is 0 Å². The minimum atomic E-state index is -0.463. The lowest BCUT2D eigenvalue weighted by atomic mass is 10.3. The maximum absolute atomic E-state index is 11.7. The molecule has 2 rings (SSSR count). The molecule has 0 unspecified atom stereocenters. The van der Waals surface area contributed by atoms with E-state index in [2.05, 4.69) is 20.8 Å². The lowest BCUT2D eigenvalue weighted by Crippen LogP contribution is -2.30. The molecule has 0 aliphatic carbocycles. The summed E-state index contributed by atoms with van der Waals surface area (Å²) in [6.07, 6.45) is 4.22. The van der Waals surface area contributed by atoms with Crippen LogP contribution in [0.5, 0.6) is 0 Å². The van der Waals surface area contributed by atoms with Crippen molar-refractivity contribution in [3.05, 3.63) is 51.5 Å². The van der Waals surface area contributed by atoms with E-state index >= 15 is 0 Å². The van der Waals surface area contributed by atoms with E-state index in [4.69, 9.17) is 34.8 Å². The largest absolute Gasteiger partial charge is 0.295 e. The van der Waals surface area contributed by atoms with E-state index < -0.39 is 5.91 Å². The number of nitrogens with zero attached hydrogens (tertiary/aromatic N) is 2. The number of nitrogens with one attached hydrogen (secondary N) is 2. The Morgan fingerprint density at radius 2 is 1.79 bits per heavy atom. The highest BCUT2D eigenvalue weighted by molar-refractivity contribution is 6.41. The average molecular weight is 318 g/mol. The summed E-state index contributed by atoms with van der Waals surface area (Å²) >= 11 is 17.7. The van der Waals surface area contributed by atoms with Crippen LogP contribution in [0.25, 0.3) is 0 Å². The first kappa shape index (κ1) is 13.9. The van der Waals surface area contributed by atoms with Crippen LogP contribution >= 0.6 is 34.8 Å².